The fourth-order valence-corrected chi connectivity index (χ4v) is 2.51. The van der Waals surface area contributed by atoms with Gasteiger partial charge >= 0.3 is 5.97 Å². The summed E-state index contributed by atoms with van der Waals surface area (Å²) in [5.41, 5.74) is -0.0319. The highest BCUT2D eigenvalue weighted by molar-refractivity contribution is 7.99. The number of unbranched alkanes of at least 4 members (excludes halogenated alkanes) is 3. The van der Waals surface area contributed by atoms with Gasteiger partial charge in [-0.2, -0.15) is 4.98 Å². The minimum atomic E-state index is -0.906. The summed E-state index contributed by atoms with van der Waals surface area (Å²) >= 11 is 1.11. The Morgan fingerprint density at radius 1 is 1.35 bits per heavy atom. The first-order valence-electron chi connectivity index (χ1n) is 6.71. The molecule has 3 N–H and O–H groups in total. The van der Waals surface area contributed by atoms with Crippen LogP contribution < -0.4 is 5.56 Å². The van der Waals surface area contributed by atoms with Crippen molar-refractivity contribution in [1.82, 2.24) is 9.97 Å². The molecule has 0 aromatic carbocycles. The average Bonchev–Trinajstić information content (AvgIpc) is 2.36. The molecule has 0 unspecified atom stereocenters. The SMILES string of the molecule is CCCCCCc1c(O)nc(SCCC(=O)O)[nH]c1=O. The van der Waals surface area contributed by atoms with Crippen molar-refractivity contribution in [3.8, 4) is 5.88 Å². The molecule has 0 saturated carbocycles. The van der Waals surface area contributed by atoms with E-state index in [1.54, 1.807) is 0 Å². The quantitative estimate of drug-likeness (QED) is 0.367. The number of thioether (sulfide) groups is 1. The van der Waals surface area contributed by atoms with Crippen LogP contribution in [0.5, 0.6) is 5.88 Å². The van der Waals surface area contributed by atoms with E-state index in [4.69, 9.17) is 5.11 Å². The summed E-state index contributed by atoms with van der Waals surface area (Å²) in [7, 11) is 0. The second kappa shape index (κ2) is 8.63. The molecule has 0 aliphatic carbocycles. The van der Waals surface area contributed by atoms with Crippen molar-refractivity contribution in [3.63, 3.8) is 0 Å². The number of rotatable bonds is 9. The van der Waals surface area contributed by atoms with Gasteiger partial charge in [0.25, 0.3) is 5.56 Å². The van der Waals surface area contributed by atoms with Gasteiger partial charge in [-0.15, -0.1) is 0 Å². The molecule has 0 aliphatic rings. The normalized spacial score (nSPS) is 10.7. The van der Waals surface area contributed by atoms with Crippen LogP contribution in [0.2, 0.25) is 0 Å². The Labute approximate surface area is 121 Å². The van der Waals surface area contributed by atoms with Crippen LogP contribution >= 0.6 is 11.8 Å². The first kappa shape index (κ1) is 16.6. The number of carboxylic acid groups (broad SMARTS) is 1. The van der Waals surface area contributed by atoms with Crippen LogP contribution in [0.4, 0.5) is 0 Å². The van der Waals surface area contributed by atoms with Crippen molar-refractivity contribution < 1.29 is 15.0 Å². The van der Waals surface area contributed by atoms with Gasteiger partial charge in [0.15, 0.2) is 5.16 Å². The highest BCUT2D eigenvalue weighted by Gasteiger charge is 2.11. The number of aromatic nitrogens is 2. The van der Waals surface area contributed by atoms with Crippen LogP contribution in [0.25, 0.3) is 0 Å². The summed E-state index contributed by atoms with van der Waals surface area (Å²) in [6.07, 6.45) is 4.57. The predicted octanol–water partition coefficient (Wildman–Crippen LogP) is 2.17. The van der Waals surface area contributed by atoms with Crippen molar-refractivity contribution >= 4 is 17.7 Å². The Morgan fingerprint density at radius 2 is 2.10 bits per heavy atom. The molecule has 0 atom stereocenters. The van der Waals surface area contributed by atoms with Gasteiger partial charge in [-0.1, -0.05) is 37.9 Å². The lowest BCUT2D eigenvalue weighted by Gasteiger charge is -2.05. The third-order valence-electron chi connectivity index (χ3n) is 2.81. The van der Waals surface area contributed by atoms with Gasteiger partial charge in [-0.3, -0.25) is 9.59 Å². The van der Waals surface area contributed by atoms with Crippen LogP contribution in [-0.4, -0.2) is 31.9 Å². The zero-order valence-corrected chi connectivity index (χ0v) is 12.3. The minimum absolute atomic E-state index is 0.0199. The van der Waals surface area contributed by atoms with E-state index >= 15 is 0 Å². The van der Waals surface area contributed by atoms with Gasteiger partial charge in [-0.25, -0.2) is 0 Å². The second-order valence-electron chi connectivity index (χ2n) is 4.48. The van der Waals surface area contributed by atoms with Crippen molar-refractivity contribution in [1.29, 1.82) is 0 Å². The van der Waals surface area contributed by atoms with Crippen molar-refractivity contribution in [2.24, 2.45) is 0 Å². The molecule has 0 fully saturated rings. The third kappa shape index (κ3) is 5.64. The van der Waals surface area contributed by atoms with Crippen molar-refractivity contribution in [3.05, 3.63) is 15.9 Å². The predicted molar refractivity (Wildman–Crippen MR) is 77.3 cm³/mol. The monoisotopic (exact) mass is 300 g/mol. The molecular formula is C13H20N2O4S. The van der Waals surface area contributed by atoms with Gasteiger partial charge in [0.1, 0.15) is 0 Å². The summed E-state index contributed by atoms with van der Waals surface area (Å²) in [6.45, 7) is 2.11. The number of carboxylic acids is 1. The van der Waals surface area contributed by atoms with Gasteiger partial charge in [0.05, 0.1) is 12.0 Å². The lowest BCUT2D eigenvalue weighted by atomic mass is 10.1. The summed E-state index contributed by atoms with van der Waals surface area (Å²) in [5.74, 6) is -0.854. The molecule has 0 saturated heterocycles. The van der Waals surface area contributed by atoms with Gasteiger partial charge in [0, 0.05) is 5.75 Å². The zero-order valence-electron chi connectivity index (χ0n) is 11.5. The minimum Gasteiger partial charge on any atom is -0.493 e. The first-order chi connectivity index (χ1) is 9.54. The molecule has 1 aromatic heterocycles. The number of H-pyrrole nitrogens is 1. The second-order valence-corrected chi connectivity index (χ2v) is 5.56. The Kier molecular flexibility index (Phi) is 7.14. The Balaban J connectivity index is 2.61. The summed E-state index contributed by atoms with van der Waals surface area (Å²) < 4.78 is 0. The molecular weight excluding hydrogens is 280 g/mol. The molecule has 0 spiro atoms. The molecule has 1 aromatic rings. The number of nitrogens with zero attached hydrogens (tertiary/aromatic N) is 1. The third-order valence-corrected chi connectivity index (χ3v) is 3.68. The molecule has 112 valence electrons. The highest BCUT2D eigenvalue weighted by Crippen LogP contribution is 2.18. The number of aromatic hydroxyl groups is 1. The van der Waals surface area contributed by atoms with Gasteiger partial charge < -0.3 is 15.2 Å². The smallest absolute Gasteiger partial charge is 0.304 e. The van der Waals surface area contributed by atoms with Gasteiger partial charge in [-0.05, 0) is 12.8 Å². The summed E-state index contributed by atoms with van der Waals surface area (Å²) in [5, 5.41) is 18.6. The maximum absolute atomic E-state index is 11.8. The number of carbonyl (C=O) groups is 1. The largest absolute Gasteiger partial charge is 0.493 e. The molecule has 1 heterocycles. The van der Waals surface area contributed by atoms with E-state index in [1.807, 2.05) is 0 Å². The number of aliphatic carboxylic acids is 1. The van der Waals surface area contributed by atoms with E-state index in [-0.39, 0.29) is 23.0 Å². The van der Waals surface area contributed by atoms with E-state index in [0.717, 1.165) is 37.4 Å². The summed E-state index contributed by atoms with van der Waals surface area (Å²) in [4.78, 5) is 28.7. The average molecular weight is 300 g/mol. The van der Waals surface area contributed by atoms with Crippen LogP contribution in [0.3, 0.4) is 0 Å². The zero-order chi connectivity index (χ0) is 15.0. The van der Waals surface area contributed by atoms with E-state index in [2.05, 4.69) is 16.9 Å². The molecule has 1 rings (SSSR count). The first-order valence-corrected chi connectivity index (χ1v) is 7.70. The standard InChI is InChI=1S/C13H20N2O4S/c1-2-3-4-5-6-9-11(18)14-13(15-12(9)19)20-8-7-10(16)17/h2-8H2,1H3,(H,16,17)(H2,14,15,18,19). The van der Waals surface area contributed by atoms with E-state index in [9.17, 15) is 14.7 Å². The molecule has 0 radical (unpaired) electrons. The lowest BCUT2D eigenvalue weighted by Crippen LogP contribution is -2.15. The molecule has 20 heavy (non-hydrogen) atoms. The summed E-state index contributed by atoms with van der Waals surface area (Å²) in [6, 6.07) is 0. The molecule has 7 heteroatoms. The lowest BCUT2D eigenvalue weighted by molar-refractivity contribution is -0.136. The molecule has 0 aliphatic heterocycles. The van der Waals surface area contributed by atoms with Crippen LogP contribution in [0, 0.1) is 0 Å². The maximum atomic E-state index is 11.8. The Hall–Kier alpha value is -1.50. The van der Waals surface area contributed by atoms with E-state index in [1.165, 1.54) is 0 Å². The Bertz CT molecular complexity index is 502. The Morgan fingerprint density at radius 3 is 2.70 bits per heavy atom. The van der Waals surface area contributed by atoms with Crippen LogP contribution in [0.1, 0.15) is 44.6 Å². The molecule has 6 nitrogen and oxygen atoms in total. The number of nitrogens with one attached hydrogen (secondary N) is 1. The van der Waals surface area contributed by atoms with E-state index < -0.39 is 5.97 Å². The fraction of sp³-hybridized carbons (Fsp3) is 0.615. The fourth-order valence-electron chi connectivity index (χ4n) is 1.72. The molecule has 0 amide bonds. The van der Waals surface area contributed by atoms with Crippen molar-refractivity contribution in [2.45, 2.75) is 50.6 Å². The number of aromatic amines is 1. The maximum Gasteiger partial charge on any atom is 0.304 e. The van der Waals surface area contributed by atoms with Crippen LogP contribution in [0.15, 0.2) is 9.95 Å². The number of hydrogen-bond acceptors (Lipinski definition) is 5. The van der Waals surface area contributed by atoms with E-state index in [0.29, 0.717) is 17.7 Å². The highest BCUT2D eigenvalue weighted by atomic mass is 32.2. The van der Waals surface area contributed by atoms with Crippen LogP contribution in [-0.2, 0) is 11.2 Å². The van der Waals surface area contributed by atoms with Gasteiger partial charge in [0.2, 0.25) is 5.88 Å². The van der Waals surface area contributed by atoms with Crippen molar-refractivity contribution in [2.75, 3.05) is 5.75 Å². The number of hydrogen-bond donors (Lipinski definition) is 3. The molecule has 0 bridgehead atoms. The topological polar surface area (TPSA) is 103 Å².